The monoisotopic (exact) mass is 399 g/mol. The van der Waals surface area contributed by atoms with Crippen LogP contribution in [0.15, 0.2) is 52.7 Å². The number of furan rings is 1. The van der Waals surface area contributed by atoms with Crippen LogP contribution in [0.3, 0.4) is 0 Å². The molecule has 1 fully saturated rings. The summed E-state index contributed by atoms with van der Waals surface area (Å²) in [6, 6.07) is 9.38. The van der Waals surface area contributed by atoms with Gasteiger partial charge in [0.25, 0.3) is 11.7 Å². The van der Waals surface area contributed by atoms with E-state index >= 15 is 0 Å². The first kappa shape index (κ1) is 20.7. The van der Waals surface area contributed by atoms with Crippen molar-refractivity contribution in [3.8, 4) is 5.75 Å². The summed E-state index contributed by atoms with van der Waals surface area (Å²) in [6.07, 6.45) is 3.39. The zero-order valence-corrected chi connectivity index (χ0v) is 16.6. The SMILES string of the molecule is CCCCOc1cccc(/C(O)=C2\C(=O)C(=O)N(CCOC)C2c2ccco2)c1. The van der Waals surface area contributed by atoms with E-state index in [0.29, 0.717) is 23.7 Å². The number of hydrogen-bond acceptors (Lipinski definition) is 6. The molecule has 2 aromatic rings. The fraction of sp³-hybridized carbons (Fsp3) is 0.364. The van der Waals surface area contributed by atoms with Gasteiger partial charge in [-0.15, -0.1) is 0 Å². The zero-order valence-electron chi connectivity index (χ0n) is 16.6. The van der Waals surface area contributed by atoms with Gasteiger partial charge in [0.1, 0.15) is 23.3 Å². The molecule has 0 spiro atoms. The van der Waals surface area contributed by atoms with E-state index in [1.165, 1.54) is 18.3 Å². The highest BCUT2D eigenvalue weighted by Crippen LogP contribution is 2.39. The summed E-state index contributed by atoms with van der Waals surface area (Å²) in [7, 11) is 1.52. The van der Waals surface area contributed by atoms with E-state index < -0.39 is 17.7 Å². The van der Waals surface area contributed by atoms with Crippen molar-refractivity contribution in [2.45, 2.75) is 25.8 Å². The topological polar surface area (TPSA) is 89.2 Å². The van der Waals surface area contributed by atoms with E-state index in [-0.39, 0.29) is 24.5 Å². The van der Waals surface area contributed by atoms with Gasteiger partial charge in [0.15, 0.2) is 0 Å². The Morgan fingerprint density at radius 2 is 2.03 bits per heavy atom. The highest BCUT2D eigenvalue weighted by molar-refractivity contribution is 6.46. The van der Waals surface area contributed by atoms with Gasteiger partial charge in [-0.25, -0.2) is 0 Å². The van der Waals surface area contributed by atoms with Gasteiger partial charge in [0, 0.05) is 19.2 Å². The summed E-state index contributed by atoms with van der Waals surface area (Å²) < 4.78 is 16.2. The summed E-state index contributed by atoms with van der Waals surface area (Å²) in [6.45, 7) is 3.09. The number of ketones is 1. The van der Waals surface area contributed by atoms with E-state index in [1.54, 1.807) is 36.4 Å². The maximum atomic E-state index is 12.8. The Hall–Kier alpha value is -3.06. The highest BCUT2D eigenvalue weighted by atomic mass is 16.5. The number of rotatable bonds is 9. The molecule has 0 aliphatic carbocycles. The number of ether oxygens (including phenoxy) is 2. The molecule has 1 aliphatic rings. The van der Waals surface area contributed by atoms with Crippen LogP contribution in [0, 0.1) is 0 Å². The Balaban J connectivity index is 2.01. The molecule has 1 aromatic heterocycles. The molecule has 0 bridgehead atoms. The summed E-state index contributed by atoms with van der Waals surface area (Å²) in [4.78, 5) is 26.7. The van der Waals surface area contributed by atoms with Crippen molar-refractivity contribution < 1.29 is 28.6 Å². The van der Waals surface area contributed by atoms with Crippen LogP contribution in [0.5, 0.6) is 5.75 Å². The predicted molar refractivity (Wildman–Crippen MR) is 106 cm³/mol. The second kappa shape index (κ2) is 9.43. The number of hydrogen-bond donors (Lipinski definition) is 1. The molecular weight excluding hydrogens is 374 g/mol. The molecule has 7 nitrogen and oxygen atoms in total. The van der Waals surface area contributed by atoms with E-state index in [2.05, 4.69) is 6.92 Å². The van der Waals surface area contributed by atoms with Crippen molar-refractivity contribution in [1.29, 1.82) is 0 Å². The van der Waals surface area contributed by atoms with E-state index in [1.807, 2.05) is 0 Å². The van der Waals surface area contributed by atoms with Gasteiger partial charge >= 0.3 is 0 Å². The lowest BCUT2D eigenvalue weighted by Crippen LogP contribution is -2.32. The number of carbonyl (C=O) groups excluding carboxylic acids is 2. The Labute approximate surface area is 169 Å². The van der Waals surface area contributed by atoms with Crippen LogP contribution in [0.1, 0.15) is 37.1 Å². The van der Waals surface area contributed by atoms with Crippen molar-refractivity contribution in [2.75, 3.05) is 26.9 Å². The standard InChI is InChI=1S/C22H25NO6/c1-3-4-11-28-16-8-5-7-15(14-16)20(24)18-19(17-9-6-12-29-17)23(10-13-27-2)22(26)21(18)25/h5-9,12,14,19,24H,3-4,10-11,13H2,1-2H3/b20-18+. The van der Waals surface area contributed by atoms with Crippen LogP contribution in [0.25, 0.3) is 5.76 Å². The summed E-state index contributed by atoms with van der Waals surface area (Å²) in [5.41, 5.74) is 0.395. The molecule has 1 unspecified atom stereocenters. The van der Waals surface area contributed by atoms with Crippen LogP contribution in [0.2, 0.25) is 0 Å². The lowest BCUT2D eigenvalue weighted by atomic mass is 9.99. The van der Waals surface area contributed by atoms with Crippen LogP contribution in [-0.2, 0) is 14.3 Å². The van der Waals surface area contributed by atoms with Gasteiger partial charge in [-0.05, 0) is 30.7 Å². The number of methoxy groups -OCH3 is 1. The van der Waals surface area contributed by atoms with E-state index in [9.17, 15) is 14.7 Å². The molecule has 1 aliphatic heterocycles. The Kier molecular flexibility index (Phi) is 6.72. The third-order valence-corrected chi connectivity index (χ3v) is 4.76. The molecule has 0 saturated carbocycles. The number of benzene rings is 1. The lowest BCUT2D eigenvalue weighted by Gasteiger charge is -2.22. The highest BCUT2D eigenvalue weighted by Gasteiger charge is 2.47. The number of aliphatic hydroxyl groups is 1. The molecule has 0 radical (unpaired) electrons. The summed E-state index contributed by atoms with van der Waals surface area (Å²) in [5, 5.41) is 11.0. The molecule has 1 atom stereocenters. The van der Waals surface area contributed by atoms with Gasteiger partial charge in [-0.3, -0.25) is 9.59 Å². The van der Waals surface area contributed by atoms with Crippen molar-refractivity contribution in [2.24, 2.45) is 0 Å². The van der Waals surface area contributed by atoms with Crippen molar-refractivity contribution >= 4 is 17.4 Å². The number of amides is 1. The number of carbonyl (C=O) groups is 2. The second-order valence-electron chi connectivity index (χ2n) is 6.73. The van der Waals surface area contributed by atoms with Gasteiger partial charge in [0.2, 0.25) is 0 Å². The third-order valence-electron chi connectivity index (χ3n) is 4.76. The number of Topliss-reactive ketones (excluding diaryl/α,β-unsaturated/α-hetero) is 1. The van der Waals surface area contributed by atoms with Crippen LogP contribution in [-0.4, -0.2) is 48.6 Å². The lowest BCUT2D eigenvalue weighted by molar-refractivity contribution is -0.140. The molecule has 154 valence electrons. The molecule has 2 heterocycles. The van der Waals surface area contributed by atoms with Gasteiger partial charge in [-0.2, -0.15) is 0 Å². The van der Waals surface area contributed by atoms with Crippen LogP contribution in [0.4, 0.5) is 0 Å². The predicted octanol–water partition coefficient (Wildman–Crippen LogP) is 3.53. The Bertz CT molecular complexity index is 886. The van der Waals surface area contributed by atoms with Crippen molar-refractivity contribution in [3.63, 3.8) is 0 Å². The van der Waals surface area contributed by atoms with Crippen LogP contribution < -0.4 is 4.74 Å². The minimum atomic E-state index is -0.815. The maximum Gasteiger partial charge on any atom is 0.295 e. The van der Waals surface area contributed by atoms with E-state index in [0.717, 1.165) is 12.8 Å². The van der Waals surface area contributed by atoms with Crippen molar-refractivity contribution in [1.82, 2.24) is 4.90 Å². The summed E-state index contributed by atoms with van der Waals surface area (Å²) >= 11 is 0. The Morgan fingerprint density at radius 3 is 2.72 bits per heavy atom. The molecule has 1 N–H and O–H groups in total. The first-order valence-corrected chi connectivity index (χ1v) is 9.62. The molecule has 1 aromatic carbocycles. The molecule has 1 saturated heterocycles. The third kappa shape index (κ3) is 4.35. The average molecular weight is 399 g/mol. The largest absolute Gasteiger partial charge is 0.507 e. The number of aliphatic hydroxyl groups excluding tert-OH is 1. The quantitative estimate of drug-likeness (QED) is 0.300. The zero-order chi connectivity index (χ0) is 20.8. The smallest absolute Gasteiger partial charge is 0.295 e. The number of likely N-dealkylation sites (tertiary alicyclic amines) is 1. The fourth-order valence-electron chi connectivity index (χ4n) is 3.27. The molecule has 29 heavy (non-hydrogen) atoms. The number of nitrogens with zero attached hydrogens (tertiary/aromatic N) is 1. The molecule has 7 heteroatoms. The first-order valence-electron chi connectivity index (χ1n) is 9.62. The van der Waals surface area contributed by atoms with E-state index in [4.69, 9.17) is 13.9 Å². The van der Waals surface area contributed by atoms with Gasteiger partial charge in [0.05, 0.1) is 25.1 Å². The van der Waals surface area contributed by atoms with Gasteiger partial charge < -0.3 is 23.9 Å². The average Bonchev–Trinajstić information content (AvgIpc) is 3.34. The normalized spacial score (nSPS) is 18.4. The van der Waals surface area contributed by atoms with Crippen LogP contribution >= 0.6 is 0 Å². The second-order valence-corrected chi connectivity index (χ2v) is 6.73. The number of unbranched alkanes of at least 4 members (excludes halogenated alkanes) is 1. The van der Waals surface area contributed by atoms with Gasteiger partial charge in [-0.1, -0.05) is 25.5 Å². The molecular formula is C22H25NO6. The fourth-order valence-corrected chi connectivity index (χ4v) is 3.27. The minimum absolute atomic E-state index is 0.00763. The molecule has 3 rings (SSSR count). The summed E-state index contributed by atoms with van der Waals surface area (Å²) in [5.74, 6) is -0.717. The van der Waals surface area contributed by atoms with Crippen molar-refractivity contribution in [3.05, 3.63) is 59.6 Å². The minimum Gasteiger partial charge on any atom is -0.507 e. The maximum absolute atomic E-state index is 12.8. The Morgan fingerprint density at radius 1 is 1.21 bits per heavy atom. The molecule has 1 amide bonds. The first-order chi connectivity index (χ1) is 14.1.